The zero-order valence-electron chi connectivity index (χ0n) is 19.4. The fourth-order valence-electron chi connectivity index (χ4n) is 3.76. The predicted molar refractivity (Wildman–Crippen MR) is 120 cm³/mol. The van der Waals surface area contributed by atoms with Crippen molar-refractivity contribution in [3.63, 3.8) is 0 Å². The first-order chi connectivity index (χ1) is 15.9. The third-order valence-electron chi connectivity index (χ3n) is 5.28. The Labute approximate surface area is 195 Å². The Morgan fingerprint density at radius 1 is 1.26 bits per heavy atom. The molecule has 0 bridgehead atoms. The molecule has 0 saturated carbocycles. The van der Waals surface area contributed by atoms with E-state index in [1.165, 1.54) is 47.1 Å². The number of aromatic nitrogens is 4. The maximum atomic E-state index is 13.5. The molecule has 0 fully saturated rings. The highest BCUT2D eigenvalue weighted by Crippen LogP contribution is 2.36. The Bertz CT molecular complexity index is 1280. The molecular weight excluding hydrogens is 441 g/mol. The van der Waals surface area contributed by atoms with E-state index in [4.69, 9.17) is 5.26 Å². The normalized spacial score (nSPS) is 12.0. The summed E-state index contributed by atoms with van der Waals surface area (Å²) in [6.45, 7) is 5.75. The van der Waals surface area contributed by atoms with Gasteiger partial charge in [-0.15, -0.1) is 0 Å². The summed E-state index contributed by atoms with van der Waals surface area (Å²) >= 11 is 0. The van der Waals surface area contributed by atoms with Crippen LogP contribution in [0.15, 0.2) is 36.7 Å². The number of aryl methyl sites for hydroxylation is 1. The van der Waals surface area contributed by atoms with Gasteiger partial charge < -0.3 is 14.8 Å². The largest absolute Gasteiger partial charge is 0.346 e. The molecule has 0 aliphatic heterocycles. The highest BCUT2D eigenvalue weighted by molar-refractivity contribution is 6.42. The number of Topliss-reactive ketones (excluding diaryl/α,β-unsaturated/α-hetero) is 1. The number of hydrogen-bond donors (Lipinski definition) is 2. The van der Waals surface area contributed by atoms with Gasteiger partial charge in [0.05, 0.1) is 17.8 Å². The van der Waals surface area contributed by atoms with Crippen molar-refractivity contribution in [2.24, 2.45) is 12.5 Å². The Morgan fingerprint density at radius 3 is 2.56 bits per heavy atom. The fourth-order valence-corrected chi connectivity index (χ4v) is 3.76. The number of amides is 2. The minimum absolute atomic E-state index is 0.0362. The molecule has 3 rings (SSSR count). The lowest BCUT2D eigenvalue weighted by Gasteiger charge is -2.36. The number of aromatic amines is 1. The second-order valence-corrected chi connectivity index (χ2v) is 8.89. The molecule has 1 aromatic carbocycles. The molecule has 0 spiro atoms. The van der Waals surface area contributed by atoms with Crippen molar-refractivity contribution in [2.45, 2.75) is 26.8 Å². The van der Waals surface area contributed by atoms with Crippen LogP contribution in [-0.2, 0) is 11.8 Å². The van der Waals surface area contributed by atoms with Gasteiger partial charge in [0.2, 0.25) is 0 Å². The van der Waals surface area contributed by atoms with Crippen LogP contribution in [0.25, 0.3) is 0 Å². The molecule has 0 radical (unpaired) electrons. The summed E-state index contributed by atoms with van der Waals surface area (Å²) in [5.41, 5.74) is 0.212. The van der Waals surface area contributed by atoms with Crippen molar-refractivity contribution in [2.75, 3.05) is 12.4 Å². The summed E-state index contributed by atoms with van der Waals surface area (Å²) < 4.78 is 14.9. The number of hydrogen-bond acceptors (Lipinski definition) is 6. The number of H-pyrrole nitrogens is 1. The molecule has 2 aromatic heterocycles. The van der Waals surface area contributed by atoms with E-state index in [1.54, 1.807) is 13.1 Å². The fraction of sp³-hybridized carbons (Fsp3) is 0.304. The van der Waals surface area contributed by atoms with Crippen LogP contribution in [0, 0.1) is 22.6 Å². The van der Waals surface area contributed by atoms with E-state index >= 15 is 0 Å². The van der Waals surface area contributed by atoms with E-state index in [-0.39, 0.29) is 22.5 Å². The highest BCUT2D eigenvalue weighted by atomic mass is 19.1. The molecular formula is C23H24FN7O3. The Hall–Kier alpha value is -4.33. The van der Waals surface area contributed by atoms with Crippen LogP contribution in [-0.4, -0.2) is 49.5 Å². The lowest BCUT2D eigenvalue weighted by Crippen LogP contribution is -2.42. The van der Waals surface area contributed by atoms with Gasteiger partial charge in [-0.1, -0.05) is 20.8 Å². The predicted octanol–water partition coefficient (Wildman–Crippen LogP) is 2.83. The number of halogens is 1. The number of carbonyl (C=O) groups is 3. The summed E-state index contributed by atoms with van der Waals surface area (Å²) in [5, 5.41) is 21.9. The second kappa shape index (κ2) is 9.27. The van der Waals surface area contributed by atoms with Crippen LogP contribution in [0.2, 0.25) is 0 Å². The average molecular weight is 465 g/mol. The Morgan fingerprint density at radius 2 is 1.97 bits per heavy atom. The van der Waals surface area contributed by atoms with Crippen molar-refractivity contribution in [1.29, 1.82) is 5.26 Å². The van der Waals surface area contributed by atoms with E-state index in [1.807, 2.05) is 20.8 Å². The van der Waals surface area contributed by atoms with Gasteiger partial charge in [0.25, 0.3) is 17.6 Å². The zero-order chi connectivity index (χ0) is 25.2. The molecule has 1 unspecified atom stereocenters. The van der Waals surface area contributed by atoms with E-state index in [2.05, 4.69) is 20.7 Å². The van der Waals surface area contributed by atoms with Gasteiger partial charge in [0.1, 0.15) is 23.3 Å². The number of nitrogens with one attached hydrogen (secondary N) is 2. The van der Waals surface area contributed by atoms with Crippen LogP contribution in [0.1, 0.15) is 58.9 Å². The molecule has 2 amide bonds. The smallest absolute Gasteiger partial charge is 0.295 e. The molecule has 10 nitrogen and oxygen atoms in total. The maximum absolute atomic E-state index is 13.5. The third-order valence-corrected chi connectivity index (χ3v) is 5.28. The molecule has 176 valence electrons. The van der Waals surface area contributed by atoms with E-state index in [0.717, 1.165) is 6.07 Å². The summed E-state index contributed by atoms with van der Waals surface area (Å²) in [6, 6.07) is 6.08. The van der Waals surface area contributed by atoms with Crippen LogP contribution in [0.4, 0.5) is 10.1 Å². The van der Waals surface area contributed by atoms with Crippen LogP contribution >= 0.6 is 0 Å². The van der Waals surface area contributed by atoms with Gasteiger partial charge in [-0.3, -0.25) is 14.4 Å². The van der Waals surface area contributed by atoms with E-state index in [9.17, 15) is 18.8 Å². The quantitative estimate of drug-likeness (QED) is 0.424. The molecule has 0 saturated heterocycles. The first-order valence-electron chi connectivity index (χ1n) is 10.3. The monoisotopic (exact) mass is 465 g/mol. The van der Waals surface area contributed by atoms with Gasteiger partial charge in [-0.05, 0) is 29.7 Å². The van der Waals surface area contributed by atoms with Gasteiger partial charge in [0, 0.05) is 31.5 Å². The number of anilines is 1. The number of benzene rings is 1. The van der Waals surface area contributed by atoms with Crippen molar-refractivity contribution in [3.8, 4) is 6.07 Å². The highest BCUT2D eigenvalue weighted by Gasteiger charge is 2.37. The van der Waals surface area contributed by atoms with Crippen molar-refractivity contribution in [3.05, 3.63) is 65.0 Å². The number of nitrogens with zero attached hydrogens (tertiary/aromatic N) is 5. The lowest BCUT2D eigenvalue weighted by molar-refractivity contribution is -0.129. The Balaban J connectivity index is 1.82. The SMILES string of the molecule is CN(C(=O)C(=O)c1cc(C(=O)Nc2ccc(F)c(C#N)c2)n(C)c1)C(c1cn[nH]n1)C(C)(C)C. The van der Waals surface area contributed by atoms with Gasteiger partial charge in [0.15, 0.2) is 0 Å². The minimum atomic E-state index is -0.788. The van der Waals surface area contributed by atoms with Gasteiger partial charge in [-0.2, -0.15) is 20.7 Å². The summed E-state index contributed by atoms with van der Waals surface area (Å²) in [5.74, 6) is -2.84. The first kappa shape index (κ1) is 24.3. The summed E-state index contributed by atoms with van der Waals surface area (Å²) in [4.78, 5) is 40.1. The first-order valence-corrected chi connectivity index (χ1v) is 10.3. The molecule has 0 aliphatic rings. The molecule has 2 heterocycles. The van der Waals surface area contributed by atoms with Crippen LogP contribution in [0.3, 0.4) is 0 Å². The molecule has 0 aliphatic carbocycles. The summed E-state index contributed by atoms with van der Waals surface area (Å²) in [6.07, 6.45) is 2.89. The molecule has 34 heavy (non-hydrogen) atoms. The van der Waals surface area contributed by atoms with Gasteiger partial charge in [-0.25, -0.2) is 4.39 Å². The third kappa shape index (κ3) is 4.85. The van der Waals surface area contributed by atoms with E-state index in [0.29, 0.717) is 5.69 Å². The average Bonchev–Trinajstić information content (AvgIpc) is 3.43. The summed E-state index contributed by atoms with van der Waals surface area (Å²) in [7, 11) is 3.07. The lowest BCUT2D eigenvalue weighted by atomic mass is 9.84. The van der Waals surface area contributed by atoms with Crippen molar-refractivity contribution >= 4 is 23.3 Å². The van der Waals surface area contributed by atoms with Gasteiger partial charge >= 0.3 is 0 Å². The number of ketones is 1. The second-order valence-electron chi connectivity index (χ2n) is 8.89. The van der Waals surface area contributed by atoms with Crippen LogP contribution in [0.5, 0.6) is 0 Å². The number of carbonyl (C=O) groups excluding carboxylic acids is 3. The Kier molecular flexibility index (Phi) is 6.63. The topological polar surface area (TPSA) is 137 Å². The number of likely N-dealkylation sites (N-methyl/N-ethyl adjacent to an activating group) is 1. The van der Waals surface area contributed by atoms with Crippen LogP contribution < -0.4 is 5.32 Å². The zero-order valence-corrected chi connectivity index (χ0v) is 19.4. The molecule has 11 heteroatoms. The minimum Gasteiger partial charge on any atom is -0.346 e. The maximum Gasteiger partial charge on any atom is 0.295 e. The number of rotatable bonds is 6. The molecule has 2 N–H and O–H groups in total. The van der Waals surface area contributed by atoms with Crippen molar-refractivity contribution in [1.82, 2.24) is 24.9 Å². The van der Waals surface area contributed by atoms with Crippen molar-refractivity contribution < 1.29 is 18.8 Å². The molecule has 1 atom stereocenters. The number of nitriles is 1. The van der Waals surface area contributed by atoms with E-state index < -0.39 is 34.9 Å². The standard InChI is InChI=1S/C23H24FN7O3/c1-23(2,3)20(17-11-26-29-28-17)31(5)22(34)19(32)14-9-18(30(4)12-14)21(33)27-15-6-7-16(24)13(8-15)10-25/h6-9,11-12,20H,1-5H3,(H,27,33)(H,26,28,29). The molecule has 3 aromatic rings.